The summed E-state index contributed by atoms with van der Waals surface area (Å²) in [6.07, 6.45) is 3.12. The van der Waals surface area contributed by atoms with Crippen molar-refractivity contribution >= 4 is 16.8 Å². The van der Waals surface area contributed by atoms with Gasteiger partial charge in [-0.2, -0.15) is 0 Å². The molecule has 5 rings (SSSR count). The van der Waals surface area contributed by atoms with Gasteiger partial charge in [-0.1, -0.05) is 12.1 Å². The maximum Gasteiger partial charge on any atom is 0.270 e. The van der Waals surface area contributed by atoms with Gasteiger partial charge in [-0.3, -0.25) is 4.79 Å². The standard InChI is InChI=1S/C22H28N6O/c1-15-5-3-7-18-17(15)13-19(23-18)22(29)27-10-8-20-24-25-21(28(20)12-11-27)16-6-4-9-26(2)14-16/h3,5,7,13,16,23H,4,6,8-12,14H2,1-2H3/t16-/m1/s1. The van der Waals surface area contributed by atoms with Crippen LogP contribution in [0.3, 0.4) is 0 Å². The lowest BCUT2D eigenvalue weighted by Gasteiger charge is -2.29. The predicted molar refractivity (Wildman–Crippen MR) is 112 cm³/mol. The Morgan fingerprint density at radius 2 is 2.07 bits per heavy atom. The van der Waals surface area contributed by atoms with E-state index < -0.39 is 0 Å². The minimum atomic E-state index is 0.0678. The molecular formula is C22H28N6O. The minimum Gasteiger partial charge on any atom is -0.351 e. The SMILES string of the molecule is Cc1cccc2[nH]c(C(=O)N3CCc4nnc([C@@H]5CCCN(C)C5)n4CC3)cc12. The van der Waals surface area contributed by atoms with E-state index >= 15 is 0 Å². The van der Waals surface area contributed by atoms with Crippen molar-refractivity contribution < 1.29 is 4.79 Å². The molecule has 1 fully saturated rings. The van der Waals surface area contributed by atoms with Gasteiger partial charge in [-0.05, 0) is 51.1 Å². The Morgan fingerprint density at radius 3 is 2.90 bits per heavy atom. The zero-order valence-electron chi connectivity index (χ0n) is 17.2. The number of aryl methyl sites for hydroxylation is 1. The van der Waals surface area contributed by atoms with Gasteiger partial charge in [-0.25, -0.2) is 0 Å². The van der Waals surface area contributed by atoms with Crippen LogP contribution in [0.4, 0.5) is 0 Å². The van der Waals surface area contributed by atoms with Crippen molar-refractivity contribution in [1.29, 1.82) is 0 Å². The Kier molecular flexibility index (Phi) is 4.62. The maximum absolute atomic E-state index is 13.2. The zero-order chi connectivity index (χ0) is 20.0. The Balaban J connectivity index is 1.35. The second-order valence-electron chi connectivity index (χ2n) is 8.49. The lowest BCUT2D eigenvalue weighted by molar-refractivity contribution is 0.0753. The normalized spacial score (nSPS) is 20.6. The average Bonchev–Trinajstić information content (AvgIpc) is 3.27. The molecule has 1 saturated heterocycles. The largest absolute Gasteiger partial charge is 0.351 e. The molecule has 0 spiro atoms. The number of hydrogen-bond donors (Lipinski definition) is 1. The first-order valence-electron chi connectivity index (χ1n) is 10.6. The number of likely N-dealkylation sites (N-methyl/N-ethyl adjacent to an activating group) is 1. The van der Waals surface area contributed by atoms with Gasteiger partial charge in [-0.15, -0.1) is 10.2 Å². The lowest BCUT2D eigenvalue weighted by atomic mass is 9.97. The Bertz CT molecular complexity index is 1050. The highest BCUT2D eigenvalue weighted by Gasteiger charge is 2.28. The third-order valence-corrected chi connectivity index (χ3v) is 6.44. The molecule has 7 nitrogen and oxygen atoms in total. The fraction of sp³-hybridized carbons (Fsp3) is 0.500. The van der Waals surface area contributed by atoms with Crippen molar-refractivity contribution in [1.82, 2.24) is 29.5 Å². The molecule has 2 aliphatic heterocycles. The van der Waals surface area contributed by atoms with Crippen molar-refractivity contribution in [3.63, 3.8) is 0 Å². The Hall–Kier alpha value is -2.67. The zero-order valence-corrected chi connectivity index (χ0v) is 17.2. The number of benzene rings is 1. The highest BCUT2D eigenvalue weighted by Crippen LogP contribution is 2.27. The number of H-pyrrole nitrogens is 1. The smallest absolute Gasteiger partial charge is 0.270 e. The van der Waals surface area contributed by atoms with E-state index in [1.165, 1.54) is 18.4 Å². The molecule has 152 valence electrons. The van der Waals surface area contributed by atoms with E-state index in [-0.39, 0.29) is 5.91 Å². The molecule has 3 aromatic rings. The van der Waals surface area contributed by atoms with E-state index in [0.29, 0.717) is 24.7 Å². The van der Waals surface area contributed by atoms with Crippen LogP contribution in [0.2, 0.25) is 0 Å². The van der Waals surface area contributed by atoms with Gasteiger partial charge in [0.2, 0.25) is 0 Å². The second kappa shape index (κ2) is 7.30. The number of aromatic nitrogens is 4. The molecule has 0 aliphatic carbocycles. The van der Waals surface area contributed by atoms with Gasteiger partial charge in [0.05, 0.1) is 0 Å². The molecular weight excluding hydrogens is 364 g/mol. The van der Waals surface area contributed by atoms with Crippen molar-refractivity contribution in [2.24, 2.45) is 0 Å². The van der Waals surface area contributed by atoms with Gasteiger partial charge < -0.3 is 19.4 Å². The number of amides is 1. The summed E-state index contributed by atoms with van der Waals surface area (Å²) in [5.41, 5.74) is 2.87. The van der Waals surface area contributed by atoms with Crippen LogP contribution in [0.25, 0.3) is 10.9 Å². The summed E-state index contributed by atoms with van der Waals surface area (Å²) in [6.45, 7) is 6.40. The average molecular weight is 393 g/mol. The summed E-state index contributed by atoms with van der Waals surface area (Å²) in [5, 5.41) is 10.1. The summed E-state index contributed by atoms with van der Waals surface area (Å²) in [5.74, 6) is 2.62. The third-order valence-electron chi connectivity index (χ3n) is 6.44. The van der Waals surface area contributed by atoms with E-state index in [4.69, 9.17) is 0 Å². The van der Waals surface area contributed by atoms with Crippen LogP contribution in [0, 0.1) is 6.92 Å². The number of rotatable bonds is 2. The van der Waals surface area contributed by atoms with E-state index in [1.807, 2.05) is 23.1 Å². The van der Waals surface area contributed by atoms with E-state index in [9.17, 15) is 4.79 Å². The second-order valence-corrected chi connectivity index (χ2v) is 8.49. The predicted octanol–water partition coefficient (Wildman–Crippen LogP) is 2.58. The van der Waals surface area contributed by atoms with Crippen LogP contribution in [-0.4, -0.2) is 68.7 Å². The van der Waals surface area contributed by atoms with Gasteiger partial charge in [0.15, 0.2) is 0 Å². The van der Waals surface area contributed by atoms with Crippen LogP contribution >= 0.6 is 0 Å². The van der Waals surface area contributed by atoms with E-state index in [0.717, 1.165) is 48.6 Å². The number of fused-ring (bicyclic) bond motifs is 2. The van der Waals surface area contributed by atoms with Crippen LogP contribution in [0.1, 0.15) is 46.5 Å². The number of nitrogens with zero attached hydrogens (tertiary/aromatic N) is 5. The molecule has 2 aromatic heterocycles. The monoisotopic (exact) mass is 392 g/mol. The third kappa shape index (κ3) is 3.33. The topological polar surface area (TPSA) is 70.1 Å². The first kappa shape index (κ1) is 18.4. The number of hydrogen-bond acceptors (Lipinski definition) is 4. The van der Waals surface area contributed by atoms with Crippen molar-refractivity contribution in [2.45, 2.75) is 38.6 Å². The van der Waals surface area contributed by atoms with Gasteiger partial charge in [0.1, 0.15) is 17.3 Å². The Labute approximate surface area is 170 Å². The quantitative estimate of drug-likeness (QED) is 0.728. The molecule has 4 heterocycles. The van der Waals surface area contributed by atoms with Gasteiger partial charge in [0.25, 0.3) is 5.91 Å². The summed E-state index contributed by atoms with van der Waals surface area (Å²) in [6, 6.07) is 8.11. The molecule has 1 aromatic carbocycles. The fourth-order valence-corrected chi connectivity index (χ4v) is 4.82. The highest BCUT2D eigenvalue weighted by atomic mass is 16.2. The van der Waals surface area contributed by atoms with Gasteiger partial charge >= 0.3 is 0 Å². The minimum absolute atomic E-state index is 0.0678. The van der Waals surface area contributed by atoms with Crippen LogP contribution in [0.5, 0.6) is 0 Å². The molecule has 0 unspecified atom stereocenters. The molecule has 7 heteroatoms. The molecule has 2 aliphatic rings. The summed E-state index contributed by atoms with van der Waals surface area (Å²) in [4.78, 5) is 20.8. The number of nitrogens with one attached hydrogen (secondary N) is 1. The number of carbonyl (C=O) groups excluding carboxylic acids is 1. The molecule has 29 heavy (non-hydrogen) atoms. The Morgan fingerprint density at radius 1 is 1.17 bits per heavy atom. The van der Waals surface area contributed by atoms with Crippen molar-refractivity contribution in [3.05, 3.63) is 47.2 Å². The number of likely N-dealkylation sites (tertiary alicyclic amines) is 1. The number of aromatic amines is 1. The van der Waals surface area contributed by atoms with Gasteiger partial charge in [0, 0.05) is 49.4 Å². The van der Waals surface area contributed by atoms with Crippen LogP contribution in [0.15, 0.2) is 24.3 Å². The first-order chi connectivity index (χ1) is 14.1. The fourth-order valence-electron chi connectivity index (χ4n) is 4.82. The number of piperidine rings is 1. The maximum atomic E-state index is 13.2. The summed E-state index contributed by atoms with van der Waals surface area (Å²) in [7, 11) is 2.17. The highest BCUT2D eigenvalue weighted by molar-refractivity contribution is 5.98. The summed E-state index contributed by atoms with van der Waals surface area (Å²) < 4.78 is 2.27. The van der Waals surface area contributed by atoms with Crippen LogP contribution in [-0.2, 0) is 13.0 Å². The molecule has 1 amide bonds. The first-order valence-corrected chi connectivity index (χ1v) is 10.6. The summed E-state index contributed by atoms with van der Waals surface area (Å²) >= 11 is 0. The van der Waals surface area contributed by atoms with Crippen LogP contribution < -0.4 is 0 Å². The van der Waals surface area contributed by atoms with E-state index in [2.05, 4.69) is 44.7 Å². The molecule has 0 bridgehead atoms. The van der Waals surface area contributed by atoms with E-state index in [1.54, 1.807) is 0 Å². The lowest BCUT2D eigenvalue weighted by Crippen LogP contribution is -2.34. The molecule has 0 saturated carbocycles. The van der Waals surface area contributed by atoms with Crippen molar-refractivity contribution in [2.75, 3.05) is 33.2 Å². The number of carbonyl (C=O) groups is 1. The molecule has 0 radical (unpaired) electrons. The molecule has 1 atom stereocenters. The van der Waals surface area contributed by atoms with Crippen molar-refractivity contribution in [3.8, 4) is 0 Å². The molecule has 1 N–H and O–H groups in total.